The first-order valence-corrected chi connectivity index (χ1v) is 4.57. The van der Waals surface area contributed by atoms with Gasteiger partial charge in [-0.1, -0.05) is 25.4 Å². The number of nitrogens with zero attached hydrogens (tertiary/aromatic N) is 1. The molecular weight excluding hydrogens is 222 g/mol. The average Bonchev–Trinajstić information content (AvgIpc) is 2.20. The summed E-state index contributed by atoms with van der Waals surface area (Å²) < 4.78 is 0. The summed E-state index contributed by atoms with van der Waals surface area (Å²) in [4.78, 5) is 20.0. The van der Waals surface area contributed by atoms with Crippen LogP contribution in [0.5, 0.6) is 0 Å². The molecule has 5 nitrogen and oxygen atoms in total. The van der Waals surface area contributed by atoms with Gasteiger partial charge in [-0.05, 0) is 12.1 Å². The van der Waals surface area contributed by atoms with Gasteiger partial charge in [-0.2, -0.15) is 0 Å². The Kier molecular flexibility index (Phi) is 5.33. The smallest absolute Gasteiger partial charge is 0.335 e. The lowest BCUT2D eigenvalue weighted by Crippen LogP contribution is -1.98. The summed E-state index contributed by atoms with van der Waals surface area (Å²) in [6.45, 7) is 4.00. The van der Waals surface area contributed by atoms with Gasteiger partial charge in [0.05, 0.1) is 10.5 Å². The van der Waals surface area contributed by atoms with Gasteiger partial charge < -0.3 is 5.11 Å². The van der Waals surface area contributed by atoms with E-state index in [2.05, 4.69) is 0 Å². The second-order valence-corrected chi connectivity index (χ2v) is 2.64. The normalized spacial score (nSPS) is 8.73. The van der Waals surface area contributed by atoms with E-state index in [1.807, 2.05) is 13.8 Å². The number of hydrogen-bond donors (Lipinski definition) is 1. The van der Waals surface area contributed by atoms with Gasteiger partial charge in [0.25, 0.3) is 5.69 Å². The molecule has 15 heavy (non-hydrogen) atoms. The minimum Gasteiger partial charge on any atom is -0.478 e. The van der Waals surface area contributed by atoms with Gasteiger partial charge in [-0.15, -0.1) is 0 Å². The molecule has 0 unspecified atom stereocenters. The monoisotopic (exact) mass is 231 g/mol. The summed E-state index contributed by atoms with van der Waals surface area (Å²) in [5, 5.41) is 18.8. The first kappa shape index (κ1) is 13.4. The highest BCUT2D eigenvalue weighted by molar-refractivity contribution is 6.32. The van der Waals surface area contributed by atoms with E-state index in [1.165, 1.54) is 12.1 Å². The Morgan fingerprint density at radius 1 is 1.47 bits per heavy atom. The number of carboxylic acids is 1. The molecular formula is C9H10ClNO4. The van der Waals surface area contributed by atoms with Crippen LogP contribution in [0.25, 0.3) is 0 Å². The van der Waals surface area contributed by atoms with Crippen molar-refractivity contribution in [3.63, 3.8) is 0 Å². The van der Waals surface area contributed by atoms with Gasteiger partial charge in [0.1, 0.15) is 5.02 Å². The molecule has 0 radical (unpaired) electrons. The lowest BCUT2D eigenvalue weighted by Gasteiger charge is -1.96. The van der Waals surface area contributed by atoms with Crippen LogP contribution < -0.4 is 0 Å². The Morgan fingerprint density at radius 3 is 2.40 bits per heavy atom. The van der Waals surface area contributed by atoms with E-state index in [4.69, 9.17) is 16.7 Å². The van der Waals surface area contributed by atoms with Crippen molar-refractivity contribution in [3.8, 4) is 0 Å². The molecule has 1 rings (SSSR count). The van der Waals surface area contributed by atoms with Crippen LogP contribution in [0.4, 0.5) is 5.69 Å². The first-order chi connectivity index (χ1) is 7.02. The molecule has 1 aromatic rings. The van der Waals surface area contributed by atoms with Crippen molar-refractivity contribution in [2.24, 2.45) is 0 Å². The fourth-order valence-corrected chi connectivity index (χ4v) is 0.972. The van der Waals surface area contributed by atoms with Gasteiger partial charge in [0.2, 0.25) is 0 Å². The minimum atomic E-state index is -1.22. The van der Waals surface area contributed by atoms with Crippen LogP contribution >= 0.6 is 11.6 Å². The van der Waals surface area contributed by atoms with Crippen molar-refractivity contribution in [1.29, 1.82) is 0 Å². The van der Waals surface area contributed by atoms with Crippen molar-refractivity contribution < 1.29 is 14.8 Å². The molecule has 0 heterocycles. The lowest BCUT2D eigenvalue weighted by atomic mass is 10.2. The predicted molar refractivity (Wildman–Crippen MR) is 56.4 cm³/mol. The predicted octanol–water partition coefficient (Wildman–Crippen LogP) is 2.97. The number of nitro groups is 1. The first-order valence-electron chi connectivity index (χ1n) is 4.19. The van der Waals surface area contributed by atoms with Gasteiger partial charge in [0.15, 0.2) is 0 Å². The van der Waals surface area contributed by atoms with Gasteiger partial charge in [-0.25, -0.2) is 4.79 Å². The summed E-state index contributed by atoms with van der Waals surface area (Å²) in [5.41, 5.74) is -0.558. The van der Waals surface area contributed by atoms with Crippen LogP contribution in [0.15, 0.2) is 18.2 Å². The molecule has 0 aliphatic heterocycles. The maximum absolute atomic E-state index is 10.4. The van der Waals surface area contributed by atoms with Crippen LogP contribution in [0.1, 0.15) is 24.2 Å². The highest BCUT2D eigenvalue weighted by Crippen LogP contribution is 2.24. The number of benzene rings is 1. The molecule has 0 atom stereocenters. The SMILES string of the molecule is CC.O=C(O)c1ccc(Cl)c([N+](=O)[O-])c1. The van der Waals surface area contributed by atoms with E-state index in [9.17, 15) is 14.9 Å². The molecule has 0 aliphatic carbocycles. The van der Waals surface area contributed by atoms with Crippen LogP contribution in [0.3, 0.4) is 0 Å². The fourth-order valence-electron chi connectivity index (χ4n) is 0.786. The van der Waals surface area contributed by atoms with E-state index in [1.54, 1.807) is 0 Å². The van der Waals surface area contributed by atoms with E-state index in [-0.39, 0.29) is 10.6 Å². The maximum Gasteiger partial charge on any atom is 0.335 e. The molecule has 0 spiro atoms. The fraction of sp³-hybridized carbons (Fsp3) is 0.222. The highest BCUT2D eigenvalue weighted by atomic mass is 35.5. The average molecular weight is 232 g/mol. The minimum absolute atomic E-state index is 0.0741. The van der Waals surface area contributed by atoms with Crippen LogP contribution in [-0.4, -0.2) is 16.0 Å². The van der Waals surface area contributed by atoms with Crippen molar-refractivity contribution in [3.05, 3.63) is 38.9 Å². The summed E-state index contributed by atoms with van der Waals surface area (Å²) in [6, 6.07) is 3.31. The van der Waals surface area contributed by atoms with E-state index < -0.39 is 16.6 Å². The molecule has 1 N–H and O–H groups in total. The second-order valence-electron chi connectivity index (χ2n) is 2.23. The zero-order valence-corrected chi connectivity index (χ0v) is 8.99. The third kappa shape index (κ3) is 3.55. The number of carbonyl (C=O) groups is 1. The van der Waals surface area contributed by atoms with E-state index in [0.29, 0.717) is 0 Å². The van der Waals surface area contributed by atoms with Crippen molar-refractivity contribution >= 4 is 23.3 Å². The topological polar surface area (TPSA) is 80.4 Å². The number of aromatic carboxylic acids is 1. The third-order valence-corrected chi connectivity index (χ3v) is 1.71. The molecule has 1 aromatic carbocycles. The maximum atomic E-state index is 10.4. The van der Waals surface area contributed by atoms with Crippen molar-refractivity contribution in [1.82, 2.24) is 0 Å². The summed E-state index contributed by atoms with van der Waals surface area (Å²) in [5.74, 6) is -1.22. The standard InChI is InChI=1S/C7H4ClNO4.C2H6/c8-5-2-1-4(7(10)11)3-6(5)9(12)13;1-2/h1-3H,(H,10,11);1-2H3. The molecule has 0 amide bonds. The number of hydrogen-bond acceptors (Lipinski definition) is 3. The van der Waals surface area contributed by atoms with Crippen molar-refractivity contribution in [2.45, 2.75) is 13.8 Å². The molecule has 0 aromatic heterocycles. The second kappa shape index (κ2) is 5.98. The quantitative estimate of drug-likeness (QED) is 0.627. The molecule has 0 bridgehead atoms. The molecule has 0 saturated carbocycles. The number of carboxylic acid groups (broad SMARTS) is 1. The van der Waals surface area contributed by atoms with Gasteiger partial charge in [0, 0.05) is 6.07 Å². The molecule has 0 saturated heterocycles. The Bertz CT molecular complexity index is 378. The van der Waals surface area contributed by atoms with Gasteiger partial charge >= 0.3 is 5.97 Å². The van der Waals surface area contributed by atoms with Crippen LogP contribution in [-0.2, 0) is 0 Å². The van der Waals surface area contributed by atoms with Crippen LogP contribution in [0, 0.1) is 10.1 Å². The Hall–Kier alpha value is -1.62. The molecule has 0 fully saturated rings. The zero-order valence-electron chi connectivity index (χ0n) is 8.23. The van der Waals surface area contributed by atoms with Crippen molar-refractivity contribution in [2.75, 3.05) is 0 Å². The lowest BCUT2D eigenvalue weighted by molar-refractivity contribution is -0.384. The number of rotatable bonds is 2. The Morgan fingerprint density at radius 2 is 2.00 bits per heavy atom. The van der Waals surface area contributed by atoms with Gasteiger partial charge in [-0.3, -0.25) is 10.1 Å². The highest BCUT2D eigenvalue weighted by Gasteiger charge is 2.15. The summed E-state index contributed by atoms with van der Waals surface area (Å²) in [7, 11) is 0. The zero-order chi connectivity index (χ0) is 12.0. The molecule has 6 heteroatoms. The Balaban J connectivity index is 0.000000921. The summed E-state index contributed by atoms with van der Waals surface area (Å²) >= 11 is 5.46. The van der Waals surface area contributed by atoms with E-state index in [0.717, 1.165) is 6.07 Å². The largest absolute Gasteiger partial charge is 0.478 e. The molecule has 0 aliphatic rings. The molecule has 82 valence electrons. The third-order valence-electron chi connectivity index (χ3n) is 1.39. The van der Waals surface area contributed by atoms with E-state index >= 15 is 0 Å². The summed E-state index contributed by atoms with van der Waals surface area (Å²) in [6.07, 6.45) is 0. The number of nitro benzene ring substituents is 1. The number of halogens is 1. The van der Waals surface area contributed by atoms with Crippen LogP contribution in [0.2, 0.25) is 5.02 Å². The Labute approximate surface area is 91.4 Å².